The lowest BCUT2D eigenvalue weighted by molar-refractivity contribution is 0.475. The lowest BCUT2D eigenvalue weighted by Crippen LogP contribution is -2.10. The molecule has 28 heavy (non-hydrogen) atoms. The van der Waals surface area contributed by atoms with Gasteiger partial charge in [-0.3, -0.25) is 4.72 Å². The number of hydrogen-bond acceptors (Lipinski definition) is 3. The van der Waals surface area contributed by atoms with Crippen LogP contribution in [0.5, 0.6) is 5.75 Å². The molecule has 0 amide bonds. The first-order valence-electron chi connectivity index (χ1n) is 9.09. The Kier molecular flexibility index (Phi) is 4.69. The molecule has 1 aliphatic rings. The molecule has 0 saturated carbocycles. The number of sulfonamides is 1. The van der Waals surface area contributed by atoms with Crippen LogP contribution in [0.2, 0.25) is 0 Å². The van der Waals surface area contributed by atoms with E-state index in [1.165, 1.54) is 5.56 Å². The third kappa shape index (κ3) is 3.94. The summed E-state index contributed by atoms with van der Waals surface area (Å²) in [6.07, 6.45) is 4.93. The van der Waals surface area contributed by atoms with E-state index < -0.39 is 10.0 Å². The third-order valence-electron chi connectivity index (χ3n) is 4.85. The van der Waals surface area contributed by atoms with E-state index in [1.807, 2.05) is 36.4 Å². The summed E-state index contributed by atoms with van der Waals surface area (Å²) in [5.74, 6) is 0.226. The zero-order valence-electron chi connectivity index (χ0n) is 15.5. The van der Waals surface area contributed by atoms with E-state index in [9.17, 15) is 13.5 Å². The average molecular weight is 391 g/mol. The Hall–Kier alpha value is -3.05. The number of hydrogen-bond donors (Lipinski definition) is 2. The fourth-order valence-electron chi connectivity index (χ4n) is 3.69. The lowest BCUT2D eigenvalue weighted by atomic mass is 9.92. The minimum Gasteiger partial charge on any atom is -0.508 e. The summed E-state index contributed by atoms with van der Waals surface area (Å²) in [7, 11) is -3.33. The number of phenolic OH excluding ortho intramolecular Hbond substituents is 1. The first-order valence-corrected chi connectivity index (χ1v) is 11.0. The van der Waals surface area contributed by atoms with Crippen LogP contribution in [0, 0.1) is 0 Å². The number of phenols is 1. The molecule has 2 N–H and O–H groups in total. The van der Waals surface area contributed by atoms with Gasteiger partial charge in [0.2, 0.25) is 10.0 Å². The van der Waals surface area contributed by atoms with Gasteiger partial charge in [0.05, 0.1) is 6.26 Å². The molecule has 1 aliphatic carbocycles. The van der Waals surface area contributed by atoms with Crippen LogP contribution < -0.4 is 4.72 Å². The van der Waals surface area contributed by atoms with E-state index in [-0.39, 0.29) is 5.75 Å². The summed E-state index contributed by atoms with van der Waals surface area (Å²) in [6, 6.07) is 21.2. The van der Waals surface area contributed by atoms with E-state index in [0.717, 1.165) is 46.9 Å². The predicted octanol–water partition coefficient (Wildman–Crippen LogP) is 4.45. The second-order valence-electron chi connectivity index (χ2n) is 7.06. The maximum Gasteiger partial charge on any atom is 0.229 e. The molecule has 0 radical (unpaired) electrons. The van der Waals surface area contributed by atoms with E-state index in [4.69, 9.17) is 0 Å². The second kappa shape index (κ2) is 7.17. The Morgan fingerprint density at radius 2 is 1.64 bits per heavy atom. The van der Waals surface area contributed by atoms with Crippen molar-refractivity contribution in [3.05, 3.63) is 94.5 Å². The summed E-state index contributed by atoms with van der Waals surface area (Å²) < 4.78 is 25.8. The van der Waals surface area contributed by atoms with Gasteiger partial charge in [-0.15, -0.1) is 0 Å². The van der Waals surface area contributed by atoms with Crippen LogP contribution in [0.3, 0.4) is 0 Å². The number of nitrogens with one attached hydrogen (secondary N) is 1. The standard InChI is InChI=1S/C23H21NO3S/c1-28(26,27)24-19-11-12-22-18(15-19)10-9-17-6-2-3-8-21(17)23(22)14-16-5-4-7-20(25)13-16/h2-8,11-15,24-25H,9-10H2,1H3/b23-14+. The highest BCUT2D eigenvalue weighted by Crippen LogP contribution is 2.36. The summed E-state index contributed by atoms with van der Waals surface area (Å²) >= 11 is 0. The average Bonchev–Trinajstić information content (AvgIpc) is 2.78. The van der Waals surface area contributed by atoms with Gasteiger partial charge < -0.3 is 5.11 Å². The number of aryl methyl sites for hydroxylation is 2. The minimum atomic E-state index is -3.33. The smallest absolute Gasteiger partial charge is 0.229 e. The van der Waals surface area contributed by atoms with Crippen molar-refractivity contribution in [3.8, 4) is 5.75 Å². The molecule has 5 heteroatoms. The molecule has 0 heterocycles. The zero-order chi connectivity index (χ0) is 19.7. The van der Waals surface area contributed by atoms with Crippen LogP contribution in [0.15, 0.2) is 66.7 Å². The summed E-state index contributed by atoms with van der Waals surface area (Å²) in [5, 5.41) is 9.84. The molecule has 0 saturated heterocycles. The van der Waals surface area contributed by atoms with Crippen molar-refractivity contribution >= 4 is 27.4 Å². The highest BCUT2D eigenvalue weighted by Gasteiger charge is 2.19. The van der Waals surface area contributed by atoms with Crippen molar-refractivity contribution in [3.63, 3.8) is 0 Å². The van der Waals surface area contributed by atoms with Gasteiger partial charge in [0.15, 0.2) is 0 Å². The molecule has 0 atom stereocenters. The maximum absolute atomic E-state index is 11.6. The molecule has 0 spiro atoms. The van der Waals surface area contributed by atoms with Crippen molar-refractivity contribution in [1.82, 2.24) is 0 Å². The molecule has 0 aromatic heterocycles. The van der Waals surface area contributed by atoms with E-state index in [2.05, 4.69) is 22.9 Å². The Morgan fingerprint density at radius 3 is 2.43 bits per heavy atom. The molecule has 0 bridgehead atoms. The van der Waals surface area contributed by atoms with Crippen molar-refractivity contribution < 1.29 is 13.5 Å². The van der Waals surface area contributed by atoms with E-state index in [1.54, 1.807) is 18.2 Å². The Morgan fingerprint density at radius 1 is 0.893 bits per heavy atom. The van der Waals surface area contributed by atoms with Gasteiger partial charge in [0, 0.05) is 5.69 Å². The first kappa shape index (κ1) is 18.3. The Labute approximate surface area is 165 Å². The number of anilines is 1. The van der Waals surface area contributed by atoms with Crippen LogP contribution >= 0.6 is 0 Å². The third-order valence-corrected chi connectivity index (χ3v) is 5.46. The first-order chi connectivity index (χ1) is 13.4. The second-order valence-corrected chi connectivity index (χ2v) is 8.80. The highest BCUT2D eigenvalue weighted by atomic mass is 32.2. The van der Waals surface area contributed by atoms with Gasteiger partial charge in [-0.25, -0.2) is 8.42 Å². The van der Waals surface area contributed by atoms with Crippen LogP contribution in [-0.4, -0.2) is 19.8 Å². The van der Waals surface area contributed by atoms with Gasteiger partial charge in [0.25, 0.3) is 0 Å². The molecule has 0 unspecified atom stereocenters. The van der Waals surface area contributed by atoms with Gasteiger partial charge in [-0.2, -0.15) is 0 Å². The number of fused-ring (bicyclic) bond motifs is 2. The molecule has 142 valence electrons. The highest BCUT2D eigenvalue weighted by molar-refractivity contribution is 7.92. The quantitative estimate of drug-likeness (QED) is 0.693. The minimum absolute atomic E-state index is 0.226. The van der Waals surface area contributed by atoms with Gasteiger partial charge in [-0.05, 0) is 76.6 Å². The summed E-state index contributed by atoms with van der Waals surface area (Å²) in [5.41, 5.74) is 7.14. The lowest BCUT2D eigenvalue weighted by Gasteiger charge is -2.14. The van der Waals surface area contributed by atoms with Crippen molar-refractivity contribution in [2.45, 2.75) is 12.8 Å². The Balaban J connectivity index is 1.89. The maximum atomic E-state index is 11.6. The van der Waals surface area contributed by atoms with Crippen molar-refractivity contribution in [1.29, 1.82) is 0 Å². The molecule has 4 nitrogen and oxygen atoms in total. The number of rotatable bonds is 3. The molecule has 3 aromatic rings. The monoisotopic (exact) mass is 391 g/mol. The van der Waals surface area contributed by atoms with Gasteiger partial charge >= 0.3 is 0 Å². The van der Waals surface area contributed by atoms with E-state index >= 15 is 0 Å². The van der Waals surface area contributed by atoms with Crippen molar-refractivity contribution in [2.75, 3.05) is 11.0 Å². The number of aromatic hydroxyl groups is 1. The summed E-state index contributed by atoms with van der Waals surface area (Å²) in [4.78, 5) is 0. The van der Waals surface area contributed by atoms with Crippen molar-refractivity contribution in [2.24, 2.45) is 0 Å². The predicted molar refractivity (Wildman–Crippen MR) is 114 cm³/mol. The van der Waals surface area contributed by atoms with Gasteiger partial charge in [0.1, 0.15) is 5.75 Å². The molecule has 0 aliphatic heterocycles. The van der Waals surface area contributed by atoms with Crippen LogP contribution in [0.4, 0.5) is 5.69 Å². The molecular weight excluding hydrogens is 370 g/mol. The SMILES string of the molecule is CS(=O)(=O)Nc1ccc2c(c1)CCc1ccccc1/C2=C\c1cccc(O)c1. The van der Waals surface area contributed by atoms with Crippen LogP contribution in [0.1, 0.15) is 27.8 Å². The molecule has 0 fully saturated rings. The normalized spacial score (nSPS) is 14.8. The van der Waals surface area contributed by atoms with Gasteiger partial charge in [-0.1, -0.05) is 42.5 Å². The molecular formula is C23H21NO3S. The topological polar surface area (TPSA) is 66.4 Å². The Bertz CT molecular complexity index is 1180. The van der Waals surface area contributed by atoms with E-state index in [0.29, 0.717) is 5.69 Å². The van der Waals surface area contributed by atoms with Crippen LogP contribution in [-0.2, 0) is 22.9 Å². The summed E-state index contributed by atoms with van der Waals surface area (Å²) in [6.45, 7) is 0. The van der Waals surface area contributed by atoms with Crippen LogP contribution in [0.25, 0.3) is 11.6 Å². The zero-order valence-corrected chi connectivity index (χ0v) is 16.3. The largest absolute Gasteiger partial charge is 0.508 e. The fourth-order valence-corrected chi connectivity index (χ4v) is 4.25. The fraction of sp³-hybridized carbons (Fsp3) is 0.130. The molecule has 3 aromatic carbocycles. The molecule has 4 rings (SSSR count). The number of benzene rings is 3.